The Balaban J connectivity index is 1.51. The molecule has 0 radical (unpaired) electrons. The molecule has 3 aromatic rings. The number of hydrogen-bond donors (Lipinski definition) is 1. The SMILES string of the molecule is CC(C)Cc1ccc(S(=O)(=O)N2CCOc3ccc(C(=O)NCc4ccccc4)cc3C2)cc1. The summed E-state index contributed by atoms with van der Waals surface area (Å²) >= 11 is 0. The number of ether oxygens (including phenoxy) is 1. The fourth-order valence-corrected chi connectivity index (χ4v) is 5.42. The molecule has 1 heterocycles. The summed E-state index contributed by atoms with van der Waals surface area (Å²) < 4.78 is 33.9. The fourth-order valence-electron chi connectivity index (χ4n) is 4.01. The third-order valence-electron chi connectivity index (χ3n) is 5.77. The van der Waals surface area contributed by atoms with Crippen molar-refractivity contribution in [2.75, 3.05) is 13.2 Å². The molecule has 6 nitrogen and oxygen atoms in total. The Labute approximate surface area is 201 Å². The normalized spacial score (nSPS) is 14.2. The van der Waals surface area contributed by atoms with Gasteiger partial charge >= 0.3 is 0 Å². The number of carbonyl (C=O) groups is 1. The van der Waals surface area contributed by atoms with Gasteiger partial charge in [-0.15, -0.1) is 0 Å². The van der Waals surface area contributed by atoms with Crippen LogP contribution in [0.5, 0.6) is 5.75 Å². The molecular formula is C27H30N2O4S. The van der Waals surface area contributed by atoms with Crippen molar-refractivity contribution in [3.63, 3.8) is 0 Å². The summed E-state index contributed by atoms with van der Waals surface area (Å²) in [4.78, 5) is 13.0. The molecule has 0 aliphatic carbocycles. The second-order valence-corrected chi connectivity index (χ2v) is 10.9. The van der Waals surface area contributed by atoms with Crippen LogP contribution in [0, 0.1) is 5.92 Å². The van der Waals surface area contributed by atoms with E-state index >= 15 is 0 Å². The number of nitrogens with zero attached hydrogens (tertiary/aromatic N) is 1. The molecule has 4 rings (SSSR count). The van der Waals surface area contributed by atoms with Gasteiger partial charge in [0.25, 0.3) is 5.91 Å². The Morgan fingerprint density at radius 3 is 2.44 bits per heavy atom. The van der Waals surface area contributed by atoms with Crippen LogP contribution in [-0.2, 0) is 29.5 Å². The largest absolute Gasteiger partial charge is 0.492 e. The first-order valence-electron chi connectivity index (χ1n) is 11.5. The molecule has 0 saturated heterocycles. The van der Waals surface area contributed by atoms with Gasteiger partial charge in [0.05, 0.1) is 4.90 Å². The highest BCUT2D eigenvalue weighted by Crippen LogP contribution is 2.28. The lowest BCUT2D eigenvalue weighted by atomic mass is 10.0. The number of rotatable bonds is 7. The van der Waals surface area contributed by atoms with Gasteiger partial charge in [0.2, 0.25) is 10.0 Å². The van der Waals surface area contributed by atoms with Crippen LogP contribution < -0.4 is 10.1 Å². The molecule has 0 spiro atoms. The molecule has 0 atom stereocenters. The molecule has 0 fully saturated rings. The first kappa shape index (κ1) is 24.0. The second-order valence-electron chi connectivity index (χ2n) is 8.92. The lowest BCUT2D eigenvalue weighted by Gasteiger charge is -2.20. The maximum absolute atomic E-state index is 13.4. The van der Waals surface area contributed by atoms with Gasteiger partial charge in [0.15, 0.2) is 0 Å². The predicted molar refractivity (Wildman–Crippen MR) is 132 cm³/mol. The van der Waals surface area contributed by atoms with Gasteiger partial charge in [-0.25, -0.2) is 8.42 Å². The summed E-state index contributed by atoms with van der Waals surface area (Å²) in [6.07, 6.45) is 0.903. The van der Waals surface area contributed by atoms with Crippen molar-refractivity contribution < 1.29 is 17.9 Å². The maximum Gasteiger partial charge on any atom is 0.251 e. The van der Waals surface area contributed by atoms with E-state index in [1.54, 1.807) is 30.3 Å². The van der Waals surface area contributed by atoms with Crippen LogP contribution in [0.1, 0.15) is 40.9 Å². The third-order valence-corrected chi connectivity index (χ3v) is 7.63. The first-order valence-corrected chi connectivity index (χ1v) is 12.9. The summed E-state index contributed by atoms with van der Waals surface area (Å²) in [5, 5.41) is 2.91. The molecule has 34 heavy (non-hydrogen) atoms. The maximum atomic E-state index is 13.4. The minimum atomic E-state index is -3.70. The number of fused-ring (bicyclic) bond motifs is 1. The average molecular weight is 479 g/mol. The van der Waals surface area contributed by atoms with Crippen molar-refractivity contribution in [2.24, 2.45) is 5.92 Å². The van der Waals surface area contributed by atoms with Crippen LogP contribution >= 0.6 is 0 Å². The van der Waals surface area contributed by atoms with E-state index in [1.165, 1.54) is 4.31 Å². The summed E-state index contributed by atoms with van der Waals surface area (Å²) in [5.41, 5.74) is 3.26. The Bertz CT molecular complexity index is 1240. The molecule has 0 saturated carbocycles. The molecular weight excluding hydrogens is 448 g/mol. The molecule has 0 aromatic heterocycles. The van der Waals surface area contributed by atoms with Crippen molar-refractivity contribution in [3.8, 4) is 5.75 Å². The van der Waals surface area contributed by atoms with Gasteiger partial charge in [-0.05, 0) is 53.8 Å². The fraction of sp³-hybridized carbons (Fsp3) is 0.296. The zero-order valence-corrected chi connectivity index (χ0v) is 20.3. The van der Waals surface area contributed by atoms with Crippen LogP contribution in [0.2, 0.25) is 0 Å². The van der Waals surface area contributed by atoms with Gasteiger partial charge in [0.1, 0.15) is 12.4 Å². The van der Waals surface area contributed by atoms with E-state index < -0.39 is 10.0 Å². The molecule has 0 unspecified atom stereocenters. The molecule has 7 heteroatoms. The van der Waals surface area contributed by atoms with Gasteiger partial charge < -0.3 is 10.1 Å². The highest BCUT2D eigenvalue weighted by Gasteiger charge is 2.28. The molecule has 0 bridgehead atoms. The van der Waals surface area contributed by atoms with Crippen LogP contribution in [0.15, 0.2) is 77.7 Å². The smallest absolute Gasteiger partial charge is 0.251 e. The van der Waals surface area contributed by atoms with Gasteiger partial charge in [0, 0.05) is 30.8 Å². The summed E-state index contributed by atoms with van der Waals surface area (Å²) in [6, 6.07) is 21.9. The summed E-state index contributed by atoms with van der Waals surface area (Å²) in [5.74, 6) is 0.886. The zero-order chi connectivity index (χ0) is 24.1. The van der Waals surface area contributed by atoms with E-state index in [-0.39, 0.29) is 30.5 Å². The van der Waals surface area contributed by atoms with Crippen LogP contribution in [0.3, 0.4) is 0 Å². The highest BCUT2D eigenvalue weighted by molar-refractivity contribution is 7.89. The Hall–Kier alpha value is -3.16. The highest BCUT2D eigenvalue weighted by atomic mass is 32.2. The zero-order valence-electron chi connectivity index (χ0n) is 19.5. The lowest BCUT2D eigenvalue weighted by Crippen LogP contribution is -2.32. The third kappa shape index (κ3) is 5.66. The monoisotopic (exact) mass is 478 g/mol. The van der Waals surface area contributed by atoms with E-state index in [1.807, 2.05) is 42.5 Å². The van der Waals surface area contributed by atoms with Crippen molar-refractivity contribution in [3.05, 3.63) is 95.1 Å². The van der Waals surface area contributed by atoms with Crippen LogP contribution in [-0.4, -0.2) is 31.8 Å². The number of hydrogen-bond acceptors (Lipinski definition) is 4. The number of nitrogens with one attached hydrogen (secondary N) is 1. The molecule has 1 N–H and O–H groups in total. The molecule has 1 amide bonds. The topological polar surface area (TPSA) is 75.7 Å². The number of sulfonamides is 1. The number of carbonyl (C=O) groups excluding carboxylic acids is 1. The van der Waals surface area contributed by atoms with Gasteiger partial charge in [-0.3, -0.25) is 4.79 Å². The Morgan fingerprint density at radius 1 is 1.00 bits per heavy atom. The summed E-state index contributed by atoms with van der Waals surface area (Å²) in [6.45, 7) is 5.31. The van der Waals surface area contributed by atoms with Crippen molar-refractivity contribution in [1.82, 2.24) is 9.62 Å². The number of benzene rings is 3. The van der Waals surface area contributed by atoms with E-state index in [9.17, 15) is 13.2 Å². The van der Waals surface area contributed by atoms with Gasteiger partial charge in [-0.2, -0.15) is 4.31 Å². The lowest BCUT2D eigenvalue weighted by molar-refractivity contribution is 0.0950. The first-order chi connectivity index (χ1) is 16.3. The van der Waals surface area contributed by atoms with Gasteiger partial charge in [-0.1, -0.05) is 56.3 Å². The average Bonchev–Trinajstić information content (AvgIpc) is 3.06. The van der Waals surface area contributed by atoms with E-state index in [0.717, 1.165) is 17.5 Å². The Morgan fingerprint density at radius 2 is 1.74 bits per heavy atom. The van der Waals surface area contributed by atoms with Crippen molar-refractivity contribution in [2.45, 2.75) is 38.3 Å². The molecule has 1 aliphatic rings. The molecule has 3 aromatic carbocycles. The van der Waals surface area contributed by atoms with Crippen molar-refractivity contribution in [1.29, 1.82) is 0 Å². The Kier molecular flexibility index (Phi) is 7.34. The van der Waals surface area contributed by atoms with Crippen molar-refractivity contribution >= 4 is 15.9 Å². The number of amides is 1. The quantitative estimate of drug-likeness (QED) is 0.546. The predicted octanol–water partition coefficient (Wildman–Crippen LogP) is 4.40. The molecule has 178 valence electrons. The molecule has 1 aliphatic heterocycles. The summed E-state index contributed by atoms with van der Waals surface area (Å²) in [7, 11) is -3.70. The van der Waals surface area contributed by atoms with Crippen LogP contribution in [0.25, 0.3) is 0 Å². The minimum absolute atomic E-state index is 0.144. The van der Waals surface area contributed by atoms with E-state index in [2.05, 4.69) is 19.2 Å². The van der Waals surface area contributed by atoms with Crippen LogP contribution in [0.4, 0.5) is 0 Å². The minimum Gasteiger partial charge on any atom is -0.492 e. The second kappa shape index (κ2) is 10.4. The van der Waals surface area contributed by atoms with E-state index in [0.29, 0.717) is 29.3 Å². The standard InChI is InChI=1S/C27H30N2O4S/c1-20(2)16-21-8-11-25(12-9-21)34(31,32)29-14-15-33-26-13-10-23(17-24(26)19-29)27(30)28-18-22-6-4-3-5-7-22/h3-13,17,20H,14-16,18-19H2,1-2H3,(H,28,30). The van der Waals surface area contributed by atoms with E-state index in [4.69, 9.17) is 4.74 Å².